The molecule has 2 aliphatic heterocycles. The first-order valence-corrected chi connectivity index (χ1v) is 5.45. The molecule has 86 valence electrons. The Morgan fingerprint density at radius 3 is 3.06 bits per heavy atom. The Bertz CT molecular complexity index is 444. The monoisotopic (exact) mass is 221 g/mol. The Labute approximate surface area is 94.4 Å². The summed E-state index contributed by atoms with van der Waals surface area (Å²) in [5, 5.41) is 10.0. The maximum Gasteiger partial charge on any atom is 0.231 e. The first-order chi connectivity index (χ1) is 7.66. The molecule has 0 radical (unpaired) electrons. The molecule has 1 unspecified atom stereocenters. The summed E-state index contributed by atoms with van der Waals surface area (Å²) in [6.07, 6.45) is -0.429. The Hall–Kier alpha value is -1.26. The Kier molecular flexibility index (Phi) is 2.09. The molecule has 0 aromatic heterocycles. The van der Waals surface area contributed by atoms with E-state index >= 15 is 0 Å². The number of hydrogen-bond donors (Lipinski definition) is 1. The molecule has 1 aromatic carbocycles. The smallest absolute Gasteiger partial charge is 0.231 e. The number of benzene rings is 1. The van der Waals surface area contributed by atoms with Crippen LogP contribution in [0.5, 0.6) is 11.5 Å². The molecule has 0 spiro atoms. The van der Waals surface area contributed by atoms with Gasteiger partial charge in [0, 0.05) is 13.1 Å². The number of fused-ring (bicyclic) bond motifs is 2. The number of hydrogen-bond acceptors (Lipinski definition) is 4. The van der Waals surface area contributed by atoms with Crippen LogP contribution in [0, 0.1) is 6.92 Å². The van der Waals surface area contributed by atoms with Gasteiger partial charge in [-0.05, 0) is 36.7 Å². The van der Waals surface area contributed by atoms with E-state index in [1.54, 1.807) is 0 Å². The van der Waals surface area contributed by atoms with E-state index in [9.17, 15) is 5.11 Å². The van der Waals surface area contributed by atoms with Gasteiger partial charge < -0.3 is 14.6 Å². The molecule has 2 heterocycles. The van der Waals surface area contributed by atoms with Gasteiger partial charge >= 0.3 is 0 Å². The highest BCUT2D eigenvalue weighted by Gasteiger charge is 2.28. The van der Waals surface area contributed by atoms with Crippen molar-refractivity contribution in [2.24, 2.45) is 0 Å². The largest absolute Gasteiger partial charge is 0.454 e. The third-order valence-electron chi connectivity index (χ3n) is 3.34. The number of aliphatic hydroxyl groups is 1. The minimum atomic E-state index is -0.429. The molecule has 0 saturated heterocycles. The second kappa shape index (κ2) is 3.37. The zero-order valence-corrected chi connectivity index (χ0v) is 9.49. The summed E-state index contributed by atoms with van der Waals surface area (Å²) >= 11 is 0. The number of ether oxygens (including phenoxy) is 2. The zero-order valence-electron chi connectivity index (χ0n) is 9.49. The van der Waals surface area contributed by atoms with Crippen LogP contribution in [0.15, 0.2) is 6.07 Å². The summed E-state index contributed by atoms with van der Waals surface area (Å²) in [7, 11) is 2.01. The lowest BCUT2D eigenvalue weighted by atomic mass is 9.93. The summed E-state index contributed by atoms with van der Waals surface area (Å²) in [5.41, 5.74) is 3.25. The summed E-state index contributed by atoms with van der Waals surface area (Å²) in [6.45, 7) is 3.84. The van der Waals surface area contributed by atoms with Gasteiger partial charge in [-0.3, -0.25) is 4.90 Å². The fraction of sp³-hybridized carbons (Fsp3) is 0.500. The fourth-order valence-corrected chi connectivity index (χ4v) is 2.51. The van der Waals surface area contributed by atoms with E-state index in [1.165, 1.54) is 5.56 Å². The van der Waals surface area contributed by atoms with Crippen molar-refractivity contribution in [1.29, 1.82) is 0 Å². The molecule has 0 saturated carbocycles. The van der Waals surface area contributed by atoms with E-state index in [0.29, 0.717) is 6.54 Å². The van der Waals surface area contributed by atoms with Crippen molar-refractivity contribution >= 4 is 0 Å². The van der Waals surface area contributed by atoms with Gasteiger partial charge in [-0.1, -0.05) is 0 Å². The van der Waals surface area contributed by atoms with Crippen molar-refractivity contribution in [3.8, 4) is 11.5 Å². The predicted molar refractivity (Wildman–Crippen MR) is 58.6 cm³/mol. The minimum Gasteiger partial charge on any atom is -0.454 e. The van der Waals surface area contributed by atoms with Crippen LogP contribution < -0.4 is 9.47 Å². The lowest BCUT2D eigenvalue weighted by Gasteiger charge is -2.30. The number of β-amino-alcohol motifs (C(OH)–C–C–N with tert-alkyl or cyclic N) is 1. The van der Waals surface area contributed by atoms with Crippen molar-refractivity contribution in [1.82, 2.24) is 4.90 Å². The van der Waals surface area contributed by atoms with Crippen molar-refractivity contribution in [2.45, 2.75) is 19.6 Å². The van der Waals surface area contributed by atoms with Crippen LogP contribution in [0.1, 0.15) is 22.8 Å². The van der Waals surface area contributed by atoms with Gasteiger partial charge in [0.05, 0.1) is 6.10 Å². The van der Waals surface area contributed by atoms with Crippen LogP contribution >= 0.6 is 0 Å². The average molecular weight is 221 g/mol. The van der Waals surface area contributed by atoms with Gasteiger partial charge in [0.15, 0.2) is 11.5 Å². The van der Waals surface area contributed by atoms with Crippen molar-refractivity contribution < 1.29 is 14.6 Å². The quantitative estimate of drug-likeness (QED) is 0.715. The summed E-state index contributed by atoms with van der Waals surface area (Å²) in [5.74, 6) is 1.60. The number of aliphatic hydroxyl groups excluding tert-OH is 1. The van der Waals surface area contributed by atoms with Crippen molar-refractivity contribution in [3.63, 3.8) is 0 Å². The van der Waals surface area contributed by atoms with Crippen LogP contribution in [-0.4, -0.2) is 30.4 Å². The SMILES string of the molecule is Cc1c2c(cc3c1OCO3)C(O)CN(C)C2. The molecule has 2 aliphatic rings. The molecule has 1 aromatic rings. The first-order valence-electron chi connectivity index (χ1n) is 5.45. The molecule has 4 heteroatoms. The van der Waals surface area contributed by atoms with Gasteiger partial charge in [-0.25, -0.2) is 0 Å². The molecule has 1 atom stereocenters. The third-order valence-corrected chi connectivity index (χ3v) is 3.34. The summed E-state index contributed by atoms with van der Waals surface area (Å²) in [6, 6.07) is 1.92. The lowest BCUT2D eigenvalue weighted by molar-refractivity contribution is 0.107. The molecule has 4 nitrogen and oxygen atoms in total. The molecular weight excluding hydrogens is 206 g/mol. The number of likely N-dealkylation sites (N-methyl/N-ethyl adjacent to an activating group) is 1. The van der Waals surface area contributed by atoms with E-state index < -0.39 is 6.10 Å². The molecule has 0 fully saturated rings. The molecule has 0 amide bonds. The maximum atomic E-state index is 10.0. The molecule has 0 bridgehead atoms. The predicted octanol–water partition coefficient (Wildman–Crippen LogP) is 1.20. The van der Waals surface area contributed by atoms with E-state index in [2.05, 4.69) is 4.90 Å². The minimum absolute atomic E-state index is 0.283. The summed E-state index contributed by atoms with van der Waals surface area (Å²) < 4.78 is 10.8. The van der Waals surface area contributed by atoms with Crippen LogP contribution in [-0.2, 0) is 6.54 Å². The molecule has 1 N–H and O–H groups in total. The molecule has 0 aliphatic carbocycles. The normalized spacial score (nSPS) is 23.3. The van der Waals surface area contributed by atoms with Gasteiger partial charge in [0.1, 0.15) is 0 Å². The van der Waals surface area contributed by atoms with Gasteiger partial charge in [0.25, 0.3) is 0 Å². The standard InChI is InChI=1S/C12H15NO3/c1-7-9-4-13(2)5-10(14)8(9)3-11-12(7)16-6-15-11/h3,10,14H,4-6H2,1-2H3. The molecule has 3 rings (SSSR count). The van der Waals surface area contributed by atoms with E-state index in [1.807, 2.05) is 20.0 Å². The fourth-order valence-electron chi connectivity index (χ4n) is 2.51. The van der Waals surface area contributed by atoms with E-state index in [0.717, 1.165) is 29.2 Å². The number of nitrogens with zero attached hydrogens (tertiary/aromatic N) is 1. The Balaban J connectivity index is 2.18. The number of rotatable bonds is 0. The highest BCUT2D eigenvalue weighted by atomic mass is 16.7. The van der Waals surface area contributed by atoms with Crippen LogP contribution in [0.4, 0.5) is 0 Å². The highest BCUT2D eigenvalue weighted by Crippen LogP contribution is 2.42. The first kappa shape index (κ1) is 9.93. The summed E-state index contributed by atoms with van der Waals surface area (Å²) in [4.78, 5) is 2.11. The van der Waals surface area contributed by atoms with Gasteiger partial charge in [0.2, 0.25) is 6.79 Å². The van der Waals surface area contributed by atoms with Gasteiger partial charge in [-0.15, -0.1) is 0 Å². The van der Waals surface area contributed by atoms with E-state index in [4.69, 9.17) is 9.47 Å². The maximum absolute atomic E-state index is 10.0. The lowest BCUT2D eigenvalue weighted by Crippen LogP contribution is -2.30. The van der Waals surface area contributed by atoms with Crippen molar-refractivity contribution in [3.05, 3.63) is 22.8 Å². The van der Waals surface area contributed by atoms with Crippen molar-refractivity contribution in [2.75, 3.05) is 20.4 Å². The Morgan fingerprint density at radius 2 is 2.25 bits per heavy atom. The van der Waals surface area contributed by atoms with Gasteiger partial charge in [-0.2, -0.15) is 0 Å². The van der Waals surface area contributed by atoms with Crippen LogP contribution in [0.3, 0.4) is 0 Å². The highest BCUT2D eigenvalue weighted by molar-refractivity contribution is 5.56. The topological polar surface area (TPSA) is 41.9 Å². The zero-order chi connectivity index (χ0) is 11.3. The second-order valence-corrected chi connectivity index (χ2v) is 4.52. The average Bonchev–Trinajstić information content (AvgIpc) is 2.68. The second-order valence-electron chi connectivity index (χ2n) is 4.52. The Morgan fingerprint density at radius 1 is 1.44 bits per heavy atom. The van der Waals surface area contributed by atoms with Crippen LogP contribution in [0.25, 0.3) is 0 Å². The van der Waals surface area contributed by atoms with E-state index in [-0.39, 0.29) is 6.79 Å². The molecule has 16 heavy (non-hydrogen) atoms. The molecular formula is C12H15NO3. The van der Waals surface area contributed by atoms with Crippen LogP contribution in [0.2, 0.25) is 0 Å². The third kappa shape index (κ3) is 1.30.